The second-order valence-corrected chi connectivity index (χ2v) is 8.89. The molecule has 0 amide bonds. The predicted molar refractivity (Wildman–Crippen MR) is 134 cm³/mol. The van der Waals surface area contributed by atoms with Gasteiger partial charge in [-0.05, 0) is 49.1 Å². The van der Waals surface area contributed by atoms with Gasteiger partial charge in [-0.1, -0.05) is 6.07 Å². The molecule has 9 heteroatoms. The molecule has 1 aliphatic rings. The molecule has 0 aliphatic carbocycles. The van der Waals surface area contributed by atoms with E-state index in [1.807, 2.05) is 50.8 Å². The van der Waals surface area contributed by atoms with Crippen LogP contribution in [0.25, 0.3) is 44.5 Å². The van der Waals surface area contributed by atoms with Crippen LogP contribution in [0.15, 0.2) is 58.1 Å². The molecule has 0 spiro atoms. The Bertz CT molecular complexity index is 1580. The Morgan fingerprint density at radius 2 is 2.03 bits per heavy atom. The first-order valence-corrected chi connectivity index (χ1v) is 11.8. The number of pyridine rings is 1. The number of nitrogens with one attached hydrogen (secondary N) is 1. The molecule has 1 atom stereocenters. The van der Waals surface area contributed by atoms with Crippen molar-refractivity contribution in [2.24, 2.45) is 7.05 Å². The van der Waals surface area contributed by atoms with Gasteiger partial charge in [-0.2, -0.15) is 10.1 Å². The lowest BCUT2D eigenvalue weighted by molar-refractivity contribution is 0.100. The van der Waals surface area contributed by atoms with Gasteiger partial charge in [0, 0.05) is 56.2 Å². The van der Waals surface area contributed by atoms with E-state index in [4.69, 9.17) is 9.15 Å². The SMILES string of the molecule is CNc1ccc(-c2nc(=O)n(CC[C@@H]3CCCO3)c3c2oc2ccc(-c4cnn(C)c4)cc23)cn1. The summed E-state index contributed by atoms with van der Waals surface area (Å²) in [4.78, 5) is 22.2. The molecule has 1 N–H and O–H groups in total. The molecular weight excluding hydrogens is 444 g/mol. The van der Waals surface area contributed by atoms with Gasteiger partial charge in [0.1, 0.15) is 22.6 Å². The molecule has 0 saturated carbocycles. The third kappa shape index (κ3) is 3.87. The highest BCUT2D eigenvalue weighted by Gasteiger charge is 2.22. The van der Waals surface area contributed by atoms with Crippen molar-refractivity contribution in [3.63, 3.8) is 0 Å². The molecule has 9 nitrogen and oxygen atoms in total. The minimum absolute atomic E-state index is 0.166. The Labute approximate surface area is 201 Å². The largest absolute Gasteiger partial charge is 0.452 e. The van der Waals surface area contributed by atoms with Crippen molar-refractivity contribution >= 4 is 27.9 Å². The summed E-state index contributed by atoms with van der Waals surface area (Å²) in [6.07, 6.45) is 8.50. The molecule has 1 aliphatic heterocycles. The van der Waals surface area contributed by atoms with Gasteiger partial charge < -0.3 is 14.5 Å². The lowest BCUT2D eigenvalue weighted by atomic mass is 10.1. The number of aromatic nitrogens is 5. The summed E-state index contributed by atoms with van der Waals surface area (Å²) in [5.41, 5.74) is 4.94. The maximum Gasteiger partial charge on any atom is 0.348 e. The molecule has 178 valence electrons. The number of nitrogens with zero attached hydrogens (tertiary/aromatic N) is 5. The van der Waals surface area contributed by atoms with Crippen molar-refractivity contribution in [2.45, 2.75) is 31.9 Å². The smallest absolute Gasteiger partial charge is 0.348 e. The molecule has 4 aromatic heterocycles. The average molecular weight is 471 g/mol. The van der Waals surface area contributed by atoms with E-state index < -0.39 is 0 Å². The van der Waals surface area contributed by atoms with Crippen LogP contribution in [-0.4, -0.2) is 44.1 Å². The number of furan rings is 1. The first-order chi connectivity index (χ1) is 17.1. The van der Waals surface area contributed by atoms with Crippen LogP contribution >= 0.6 is 0 Å². The highest BCUT2D eigenvalue weighted by Crippen LogP contribution is 2.36. The zero-order valence-electron chi connectivity index (χ0n) is 19.7. The molecule has 5 heterocycles. The first-order valence-electron chi connectivity index (χ1n) is 11.8. The van der Waals surface area contributed by atoms with Gasteiger partial charge in [0.05, 0.1) is 12.3 Å². The van der Waals surface area contributed by atoms with Gasteiger partial charge >= 0.3 is 5.69 Å². The lowest BCUT2D eigenvalue weighted by Gasteiger charge is -2.13. The van der Waals surface area contributed by atoms with Gasteiger partial charge in [-0.3, -0.25) is 9.25 Å². The number of rotatable bonds is 6. The predicted octanol–water partition coefficient (Wildman–Crippen LogP) is 4.22. The minimum Gasteiger partial charge on any atom is -0.452 e. The zero-order chi connectivity index (χ0) is 23.9. The van der Waals surface area contributed by atoms with E-state index in [1.54, 1.807) is 15.4 Å². The Morgan fingerprint density at radius 3 is 2.74 bits per heavy atom. The maximum atomic E-state index is 13.4. The van der Waals surface area contributed by atoms with Crippen molar-refractivity contribution < 1.29 is 9.15 Å². The summed E-state index contributed by atoms with van der Waals surface area (Å²) < 4.78 is 15.7. The number of fused-ring (bicyclic) bond motifs is 3. The molecule has 6 rings (SSSR count). The van der Waals surface area contributed by atoms with Crippen molar-refractivity contribution in [1.29, 1.82) is 0 Å². The highest BCUT2D eigenvalue weighted by atomic mass is 16.5. The van der Waals surface area contributed by atoms with E-state index in [0.717, 1.165) is 59.3 Å². The Hall–Kier alpha value is -3.98. The number of anilines is 1. The Morgan fingerprint density at radius 1 is 1.14 bits per heavy atom. The summed E-state index contributed by atoms with van der Waals surface area (Å²) in [6.45, 7) is 1.29. The van der Waals surface area contributed by atoms with E-state index >= 15 is 0 Å². The van der Waals surface area contributed by atoms with E-state index in [1.165, 1.54) is 0 Å². The number of benzene rings is 1. The van der Waals surface area contributed by atoms with Crippen LogP contribution in [-0.2, 0) is 18.3 Å². The highest BCUT2D eigenvalue weighted by molar-refractivity contribution is 6.07. The number of hydrogen-bond acceptors (Lipinski definition) is 7. The van der Waals surface area contributed by atoms with E-state index in [9.17, 15) is 4.79 Å². The van der Waals surface area contributed by atoms with Crippen molar-refractivity contribution in [3.8, 4) is 22.4 Å². The van der Waals surface area contributed by atoms with Crippen molar-refractivity contribution in [2.75, 3.05) is 19.0 Å². The van der Waals surface area contributed by atoms with Gasteiger partial charge in [0.15, 0.2) is 5.58 Å². The quantitative estimate of drug-likeness (QED) is 0.397. The van der Waals surface area contributed by atoms with Crippen LogP contribution in [0.5, 0.6) is 0 Å². The van der Waals surface area contributed by atoms with Gasteiger partial charge in [-0.25, -0.2) is 9.78 Å². The minimum atomic E-state index is -0.308. The summed E-state index contributed by atoms with van der Waals surface area (Å²) in [7, 11) is 3.70. The lowest BCUT2D eigenvalue weighted by Crippen LogP contribution is -2.25. The van der Waals surface area contributed by atoms with Crippen LogP contribution in [0.1, 0.15) is 19.3 Å². The monoisotopic (exact) mass is 470 g/mol. The summed E-state index contributed by atoms with van der Waals surface area (Å²) >= 11 is 0. The van der Waals surface area contributed by atoms with E-state index in [-0.39, 0.29) is 11.8 Å². The third-order valence-electron chi connectivity index (χ3n) is 6.62. The molecule has 0 bridgehead atoms. The summed E-state index contributed by atoms with van der Waals surface area (Å²) in [5, 5.41) is 8.18. The fourth-order valence-electron chi connectivity index (χ4n) is 4.80. The van der Waals surface area contributed by atoms with Crippen molar-refractivity contribution in [1.82, 2.24) is 24.3 Å². The number of hydrogen-bond donors (Lipinski definition) is 1. The third-order valence-corrected chi connectivity index (χ3v) is 6.62. The Kier molecular flexibility index (Phi) is 5.33. The molecular formula is C26H26N6O3. The maximum absolute atomic E-state index is 13.4. The molecule has 35 heavy (non-hydrogen) atoms. The molecule has 0 unspecified atom stereocenters. The Balaban J connectivity index is 1.56. The summed E-state index contributed by atoms with van der Waals surface area (Å²) in [6, 6.07) is 9.76. The molecule has 1 aromatic carbocycles. The van der Waals surface area contributed by atoms with Gasteiger partial charge in [0.25, 0.3) is 0 Å². The van der Waals surface area contributed by atoms with Gasteiger partial charge in [-0.15, -0.1) is 0 Å². The molecule has 0 radical (unpaired) electrons. The average Bonchev–Trinajstić information content (AvgIpc) is 3.63. The van der Waals surface area contributed by atoms with Crippen molar-refractivity contribution in [3.05, 3.63) is 59.4 Å². The number of aryl methyl sites for hydroxylation is 2. The standard InChI is InChI=1S/C26H26N6O3/c1-27-22-8-6-17(13-28-22)23-25-24(32(26(33)30-23)10-9-19-4-3-11-34-19)20-12-16(5-7-21(20)35-25)18-14-29-31(2)15-18/h5-8,12-15,19H,3-4,9-11H2,1-2H3,(H,27,28)/t19-/m0/s1. The second-order valence-electron chi connectivity index (χ2n) is 8.89. The normalized spacial score (nSPS) is 15.9. The second kappa shape index (κ2) is 8.66. The number of ether oxygens (including phenoxy) is 1. The van der Waals surface area contributed by atoms with Crippen LogP contribution in [0, 0.1) is 0 Å². The first kappa shape index (κ1) is 21.5. The van der Waals surface area contributed by atoms with E-state index in [0.29, 0.717) is 23.4 Å². The molecule has 5 aromatic rings. The fourth-order valence-corrected chi connectivity index (χ4v) is 4.80. The molecule has 1 saturated heterocycles. The van der Waals surface area contributed by atoms with Crippen LogP contribution < -0.4 is 11.0 Å². The van der Waals surface area contributed by atoms with Crippen LogP contribution in [0.2, 0.25) is 0 Å². The van der Waals surface area contributed by atoms with Gasteiger partial charge in [0.2, 0.25) is 0 Å². The molecule has 1 fully saturated rings. The topological polar surface area (TPSA) is 100 Å². The zero-order valence-corrected chi connectivity index (χ0v) is 19.7. The summed E-state index contributed by atoms with van der Waals surface area (Å²) in [5.74, 6) is 0.737. The van der Waals surface area contributed by atoms with Crippen LogP contribution in [0.3, 0.4) is 0 Å². The fraction of sp³-hybridized carbons (Fsp3) is 0.308. The van der Waals surface area contributed by atoms with E-state index in [2.05, 4.69) is 26.4 Å². The van der Waals surface area contributed by atoms with Crippen LogP contribution in [0.4, 0.5) is 5.82 Å².